The van der Waals surface area contributed by atoms with Gasteiger partial charge in [-0.3, -0.25) is 4.79 Å². The second-order valence-electron chi connectivity index (χ2n) is 3.03. The van der Waals surface area contributed by atoms with Crippen molar-refractivity contribution in [3.8, 4) is 0 Å². The molecule has 1 aliphatic heterocycles. The first-order valence-electron chi connectivity index (χ1n) is 3.85. The van der Waals surface area contributed by atoms with Gasteiger partial charge in [0.15, 0.2) is 6.29 Å². The van der Waals surface area contributed by atoms with Crippen molar-refractivity contribution in [3.05, 3.63) is 0 Å². The number of hydrogen-bond donors (Lipinski definition) is 0. The lowest BCUT2D eigenvalue weighted by molar-refractivity contribution is -0.189. The quantitative estimate of drug-likeness (QED) is 0.567. The fourth-order valence-electron chi connectivity index (χ4n) is 1.32. The maximum atomic E-state index is 11.3. The van der Waals surface area contributed by atoms with Gasteiger partial charge in [-0.2, -0.15) is 0 Å². The Hall–Kier alpha value is -0.410. The predicted molar refractivity (Wildman–Crippen MR) is 40.1 cm³/mol. The summed E-state index contributed by atoms with van der Waals surface area (Å²) in [5, 5.41) is 0. The van der Waals surface area contributed by atoms with E-state index in [0.717, 1.165) is 0 Å². The standard InChI is InChI=1S/C8H14O3/c1-5-4-11-8(10-3)6(2)7(5)9/h5-6,8H,4H2,1-3H3/t5-,6-,8-/m0/s1. The summed E-state index contributed by atoms with van der Waals surface area (Å²) in [5.41, 5.74) is 0. The highest BCUT2D eigenvalue weighted by molar-refractivity contribution is 5.83. The smallest absolute Gasteiger partial charge is 0.166 e. The van der Waals surface area contributed by atoms with Gasteiger partial charge in [0.05, 0.1) is 12.5 Å². The van der Waals surface area contributed by atoms with Crippen molar-refractivity contribution in [2.75, 3.05) is 13.7 Å². The van der Waals surface area contributed by atoms with Gasteiger partial charge in [-0.1, -0.05) is 13.8 Å². The third-order valence-electron chi connectivity index (χ3n) is 2.09. The lowest BCUT2D eigenvalue weighted by Gasteiger charge is -2.30. The summed E-state index contributed by atoms with van der Waals surface area (Å²) in [5.74, 6) is 0.142. The summed E-state index contributed by atoms with van der Waals surface area (Å²) in [4.78, 5) is 11.3. The lowest BCUT2D eigenvalue weighted by Crippen LogP contribution is -2.41. The Morgan fingerprint density at radius 1 is 1.55 bits per heavy atom. The van der Waals surface area contributed by atoms with Crippen molar-refractivity contribution in [2.45, 2.75) is 20.1 Å². The van der Waals surface area contributed by atoms with Gasteiger partial charge in [0.25, 0.3) is 0 Å². The van der Waals surface area contributed by atoms with Crippen LogP contribution in [0, 0.1) is 11.8 Å². The second-order valence-corrected chi connectivity index (χ2v) is 3.03. The third kappa shape index (κ3) is 1.60. The minimum atomic E-state index is -0.335. The zero-order chi connectivity index (χ0) is 8.43. The molecule has 0 aromatic carbocycles. The molecule has 3 atom stereocenters. The molecule has 0 aliphatic carbocycles. The number of hydrogen-bond acceptors (Lipinski definition) is 3. The number of rotatable bonds is 1. The van der Waals surface area contributed by atoms with Crippen molar-refractivity contribution in [1.29, 1.82) is 0 Å². The van der Waals surface area contributed by atoms with Gasteiger partial charge in [0.2, 0.25) is 0 Å². The zero-order valence-electron chi connectivity index (χ0n) is 7.16. The van der Waals surface area contributed by atoms with Gasteiger partial charge in [-0.05, 0) is 0 Å². The first-order chi connectivity index (χ1) is 5.16. The molecule has 0 saturated carbocycles. The van der Waals surface area contributed by atoms with E-state index in [9.17, 15) is 4.79 Å². The lowest BCUT2D eigenvalue weighted by atomic mass is 9.93. The number of ether oxygens (including phenoxy) is 2. The van der Waals surface area contributed by atoms with Gasteiger partial charge >= 0.3 is 0 Å². The van der Waals surface area contributed by atoms with Crippen LogP contribution in [0.15, 0.2) is 0 Å². The average Bonchev–Trinajstić information content (AvgIpc) is 2.01. The zero-order valence-corrected chi connectivity index (χ0v) is 7.16. The Balaban J connectivity index is 2.59. The summed E-state index contributed by atoms with van der Waals surface area (Å²) in [6.45, 7) is 4.21. The number of carbonyl (C=O) groups is 1. The number of methoxy groups -OCH3 is 1. The Kier molecular flexibility index (Phi) is 2.62. The van der Waals surface area contributed by atoms with E-state index in [0.29, 0.717) is 6.61 Å². The number of ketones is 1. The molecule has 64 valence electrons. The molecule has 1 rings (SSSR count). The van der Waals surface area contributed by atoms with Crippen LogP contribution in [-0.2, 0) is 14.3 Å². The predicted octanol–water partition coefficient (Wildman–Crippen LogP) is 0.830. The van der Waals surface area contributed by atoms with Gasteiger partial charge in [0.1, 0.15) is 5.78 Å². The fourth-order valence-corrected chi connectivity index (χ4v) is 1.32. The topological polar surface area (TPSA) is 35.5 Å². The molecule has 11 heavy (non-hydrogen) atoms. The summed E-state index contributed by atoms with van der Waals surface area (Å²) >= 11 is 0. The van der Waals surface area contributed by atoms with Crippen LogP contribution in [0.1, 0.15) is 13.8 Å². The van der Waals surface area contributed by atoms with Crippen LogP contribution in [0.3, 0.4) is 0 Å². The van der Waals surface area contributed by atoms with Crippen molar-refractivity contribution in [3.63, 3.8) is 0 Å². The highest BCUT2D eigenvalue weighted by Gasteiger charge is 2.33. The van der Waals surface area contributed by atoms with E-state index >= 15 is 0 Å². The van der Waals surface area contributed by atoms with Crippen molar-refractivity contribution in [1.82, 2.24) is 0 Å². The molecule has 0 aromatic heterocycles. The average molecular weight is 158 g/mol. The molecule has 3 heteroatoms. The summed E-state index contributed by atoms with van der Waals surface area (Å²) in [6, 6.07) is 0. The van der Waals surface area contributed by atoms with E-state index in [4.69, 9.17) is 9.47 Å². The van der Waals surface area contributed by atoms with Crippen molar-refractivity contribution >= 4 is 5.78 Å². The van der Waals surface area contributed by atoms with Crippen LogP contribution in [-0.4, -0.2) is 25.8 Å². The molecule has 1 saturated heterocycles. The molecule has 0 radical (unpaired) electrons. The van der Waals surface area contributed by atoms with Gasteiger partial charge in [-0.15, -0.1) is 0 Å². The molecule has 0 unspecified atom stereocenters. The number of carbonyl (C=O) groups excluding carboxylic acids is 1. The summed E-state index contributed by atoms with van der Waals surface area (Å²) in [7, 11) is 1.56. The molecule has 0 spiro atoms. The Morgan fingerprint density at radius 3 is 2.73 bits per heavy atom. The molecular formula is C8H14O3. The van der Waals surface area contributed by atoms with Crippen molar-refractivity contribution in [2.24, 2.45) is 11.8 Å². The highest BCUT2D eigenvalue weighted by Crippen LogP contribution is 2.21. The van der Waals surface area contributed by atoms with E-state index in [1.807, 2.05) is 13.8 Å². The van der Waals surface area contributed by atoms with Gasteiger partial charge in [0, 0.05) is 13.0 Å². The van der Waals surface area contributed by atoms with E-state index in [1.165, 1.54) is 0 Å². The van der Waals surface area contributed by atoms with Crippen LogP contribution < -0.4 is 0 Å². The van der Waals surface area contributed by atoms with E-state index in [2.05, 4.69) is 0 Å². The first kappa shape index (κ1) is 8.68. The normalized spacial score (nSPS) is 39.2. The summed E-state index contributed by atoms with van der Waals surface area (Å²) in [6.07, 6.45) is -0.335. The molecule has 0 N–H and O–H groups in total. The van der Waals surface area contributed by atoms with E-state index in [1.54, 1.807) is 7.11 Å². The molecule has 3 nitrogen and oxygen atoms in total. The second kappa shape index (κ2) is 3.32. The monoisotopic (exact) mass is 158 g/mol. The Morgan fingerprint density at radius 2 is 2.18 bits per heavy atom. The Labute approximate surface area is 66.7 Å². The molecule has 0 bridgehead atoms. The van der Waals surface area contributed by atoms with Gasteiger partial charge in [-0.25, -0.2) is 0 Å². The largest absolute Gasteiger partial charge is 0.355 e. The SMILES string of the molecule is CO[C@H]1OC[C@H](C)C(=O)[C@@H]1C. The molecule has 1 fully saturated rings. The van der Waals surface area contributed by atoms with Gasteiger partial charge < -0.3 is 9.47 Å². The molecule has 0 aromatic rings. The molecular weight excluding hydrogens is 144 g/mol. The van der Waals surface area contributed by atoms with E-state index < -0.39 is 0 Å². The Bertz CT molecular complexity index is 155. The molecule has 1 aliphatic rings. The maximum Gasteiger partial charge on any atom is 0.166 e. The minimum absolute atomic E-state index is 0.0244. The van der Waals surface area contributed by atoms with Crippen molar-refractivity contribution < 1.29 is 14.3 Å². The van der Waals surface area contributed by atoms with Crippen LogP contribution in [0.2, 0.25) is 0 Å². The first-order valence-corrected chi connectivity index (χ1v) is 3.85. The fraction of sp³-hybridized carbons (Fsp3) is 0.875. The highest BCUT2D eigenvalue weighted by atomic mass is 16.7. The van der Waals surface area contributed by atoms with Crippen LogP contribution >= 0.6 is 0 Å². The van der Waals surface area contributed by atoms with E-state index in [-0.39, 0.29) is 23.9 Å². The van der Waals surface area contributed by atoms with Crippen LogP contribution in [0.5, 0.6) is 0 Å². The summed E-state index contributed by atoms with van der Waals surface area (Å²) < 4.78 is 10.3. The minimum Gasteiger partial charge on any atom is -0.355 e. The van der Waals surface area contributed by atoms with Crippen LogP contribution in [0.25, 0.3) is 0 Å². The molecule has 0 amide bonds. The van der Waals surface area contributed by atoms with Crippen LogP contribution in [0.4, 0.5) is 0 Å². The molecule has 1 heterocycles. The maximum absolute atomic E-state index is 11.3. The number of Topliss-reactive ketones (excluding diaryl/α,β-unsaturated/α-hetero) is 1. The third-order valence-corrected chi connectivity index (χ3v) is 2.09.